The second-order valence-electron chi connectivity index (χ2n) is 9.01. The molecule has 1 aliphatic rings. The van der Waals surface area contributed by atoms with Crippen molar-refractivity contribution in [1.29, 1.82) is 0 Å². The molecule has 1 fully saturated rings. The van der Waals surface area contributed by atoms with Crippen LogP contribution in [0.4, 0.5) is 14.4 Å². The first-order valence-corrected chi connectivity index (χ1v) is 11.8. The van der Waals surface area contributed by atoms with Gasteiger partial charge in [-0.1, -0.05) is 43.5 Å². The van der Waals surface area contributed by atoms with Crippen LogP contribution in [0.25, 0.3) is 0 Å². The van der Waals surface area contributed by atoms with E-state index in [4.69, 9.17) is 0 Å². The van der Waals surface area contributed by atoms with Gasteiger partial charge in [0.05, 0.1) is 0 Å². The molecule has 2 rings (SSSR count). The van der Waals surface area contributed by atoms with Gasteiger partial charge in [-0.15, -0.1) is 0 Å². The quantitative estimate of drug-likeness (QED) is 0.529. The van der Waals surface area contributed by atoms with E-state index in [-0.39, 0.29) is 18.1 Å². The van der Waals surface area contributed by atoms with E-state index in [1.165, 1.54) is 24.2 Å². The molecule has 9 heteroatoms. The maximum absolute atomic E-state index is 12.4. The van der Waals surface area contributed by atoms with Crippen molar-refractivity contribution < 1.29 is 14.4 Å². The molecule has 0 aliphatic heterocycles. The van der Waals surface area contributed by atoms with Crippen molar-refractivity contribution in [2.24, 2.45) is 0 Å². The molecule has 1 aliphatic carbocycles. The predicted molar refractivity (Wildman–Crippen MR) is 130 cm³/mol. The van der Waals surface area contributed by atoms with Crippen LogP contribution in [0.2, 0.25) is 0 Å². The third kappa shape index (κ3) is 9.59. The fraction of sp³-hybridized carbons (Fsp3) is 0.625. The maximum Gasteiger partial charge on any atom is 0.317 e. The fourth-order valence-corrected chi connectivity index (χ4v) is 3.78. The molecular formula is C24H40N6O3. The summed E-state index contributed by atoms with van der Waals surface area (Å²) in [5.74, 6) is 0. The van der Waals surface area contributed by atoms with E-state index in [2.05, 4.69) is 16.0 Å². The average Bonchev–Trinajstić information content (AvgIpc) is 2.81. The van der Waals surface area contributed by atoms with Crippen molar-refractivity contribution in [1.82, 2.24) is 30.7 Å². The van der Waals surface area contributed by atoms with Crippen molar-refractivity contribution in [2.45, 2.75) is 57.7 Å². The number of nitrogens with one attached hydrogen (secondary N) is 3. The van der Waals surface area contributed by atoms with Crippen molar-refractivity contribution in [3.8, 4) is 0 Å². The van der Waals surface area contributed by atoms with Gasteiger partial charge in [0.2, 0.25) is 0 Å². The number of carbonyl (C=O) groups is 3. The standard InChI is InChI=1S/C24H40N6O3/c1-28(2)22(31)25-17-19-10-8-11-20(16-19)18-26-23(32)29(3)14-9-15-30(4)24(33)27-21-12-6-5-7-13-21/h8,10-11,16,21H,5-7,9,12-15,17-18H2,1-4H3,(H,25,31)(H,26,32)(H,27,33). The summed E-state index contributed by atoms with van der Waals surface area (Å²) in [6.07, 6.45) is 6.47. The third-order valence-electron chi connectivity index (χ3n) is 5.90. The third-order valence-corrected chi connectivity index (χ3v) is 5.90. The van der Waals surface area contributed by atoms with Crippen molar-refractivity contribution in [3.63, 3.8) is 0 Å². The molecule has 0 unspecified atom stereocenters. The number of urea groups is 3. The lowest BCUT2D eigenvalue weighted by Crippen LogP contribution is -2.45. The Bertz CT molecular complexity index is 779. The number of hydrogen-bond donors (Lipinski definition) is 3. The second kappa shape index (κ2) is 13.5. The number of benzene rings is 1. The number of nitrogens with zero attached hydrogens (tertiary/aromatic N) is 3. The SMILES string of the molecule is CN(C)C(=O)NCc1cccc(CNC(=O)N(C)CCCN(C)C(=O)NC2CCCCC2)c1. The Balaban J connectivity index is 1.67. The minimum Gasteiger partial charge on any atom is -0.335 e. The Kier molecular flexibility index (Phi) is 10.8. The van der Waals surface area contributed by atoms with Gasteiger partial charge in [-0.2, -0.15) is 0 Å². The van der Waals surface area contributed by atoms with E-state index in [1.54, 1.807) is 38.0 Å². The second-order valence-corrected chi connectivity index (χ2v) is 9.01. The molecule has 9 nitrogen and oxygen atoms in total. The van der Waals surface area contributed by atoms with E-state index in [1.807, 2.05) is 24.3 Å². The van der Waals surface area contributed by atoms with Gasteiger partial charge in [0.1, 0.15) is 0 Å². The summed E-state index contributed by atoms with van der Waals surface area (Å²) in [4.78, 5) is 41.2. The van der Waals surface area contributed by atoms with Crippen LogP contribution in [-0.2, 0) is 13.1 Å². The molecule has 1 aromatic carbocycles. The van der Waals surface area contributed by atoms with Crippen LogP contribution in [0.1, 0.15) is 49.7 Å². The maximum atomic E-state index is 12.4. The molecule has 3 N–H and O–H groups in total. The lowest BCUT2D eigenvalue weighted by atomic mass is 9.96. The summed E-state index contributed by atoms with van der Waals surface area (Å²) in [7, 11) is 6.95. The van der Waals surface area contributed by atoms with E-state index < -0.39 is 0 Å². The predicted octanol–water partition coefficient (Wildman–Crippen LogP) is 2.96. The van der Waals surface area contributed by atoms with Crippen LogP contribution >= 0.6 is 0 Å². The molecule has 0 radical (unpaired) electrons. The molecule has 1 aromatic rings. The highest BCUT2D eigenvalue weighted by atomic mass is 16.2. The molecule has 6 amide bonds. The molecule has 0 heterocycles. The number of amides is 6. The highest BCUT2D eigenvalue weighted by Crippen LogP contribution is 2.17. The zero-order chi connectivity index (χ0) is 24.2. The van der Waals surface area contributed by atoms with Gasteiger partial charge in [-0.3, -0.25) is 0 Å². The molecule has 33 heavy (non-hydrogen) atoms. The Labute approximate surface area is 197 Å². The minimum absolute atomic E-state index is 0.0318. The van der Waals surface area contributed by atoms with Gasteiger partial charge in [-0.25, -0.2) is 14.4 Å². The molecule has 0 aromatic heterocycles. The van der Waals surface area contributed by atoms with Gasteiger partial charge in [0.15, 0.2) is 0 Å². The summed E-state index contributed by atoms with van der Waals surface area (Å²) >= 11 is 0. The van der Waals surface area contributed by atoms with Crippen LogP contribution in [-0.4, -0.2) is 80.1 Å². The van der Waals surface area contributed by atoms with Gasteiger partial charge in [0.25, 0.3) is 0 Å². The lowest BCUT2D eigenvalue weighted by Gasteiger charge is -2.26. The van der Waals surface area contributed by atoms with E-state index in [9.17, 15) is 14.4 Å². The monoisotopic (exact) mass is 460 g/mol. The smallest absolute Gasteiger partial charge is 0.317 e. The zero-order valence-corrected chi connectivity index (χ0v) is 20.5. The fourth-order valence-electron chi connectivity index (χ4n) is 3.78. The van der Waals surface area contributed by atoms with Crippen LogP contribution < -0.4 is 16.0 Å². The summed E-state index contributed by atoms with van der Waals surface area (Å²) < 4.78 is 0. The summed E-state index contributed by atoms with van der Waals surface area (Å²) in [6.45, 7) is 1.99. The van der Waals surface area contributed by atoms with E-state index >= 15 is 0 Å². The highest BCUT2D eigenvalue weighted by Gasteiger charge is 2.18. The summed E-state index contributed by atoms with van der Waals surface area (Å²) in [6, 6.07) is 7.72. The normalized spacial score (nSPS) is 13.7. The molecule has 0 bridgehead atoms. The molecule has 0 spiro atoms. The average molecular weight is 461 g/mol. The van der Waals surface area contributed by atoms with Crippen LogP contribution in [0.5, 0.6) is 0 Å². The minimum atomic E-state index is -0.157. The van der Waals surface area contributed by atoms with Crippen LogP contribution in [0.15, 0.2) is 24.3 Å². The molecule has 0 saturated heterocycles. The Morgan fingerprint density at radius 1 is 0.818 bits per heavy atom. The zero-order valence-electron chi connectivity index (χ0n) is 20.5. The van der Waals surface area contributed by atoms with Gasteiger partial charge < -0.3 is 30.7 Å². The van der Waals surface area contributed by atoms with E-state index in [0.29, 0.717) is 38.6 Å². The van der Waals surface area contributed by atoms with Crippen molar-refractivity contribution >= 4 is 18.1 Å². The number of carbonyl (C=O) groups excluding carboxylic acids is 3. The Morgan fingerprint density at radius 3 is 1.94 bits per heavy atom. The van der Waals surface area contributed by atoms with Gasteiger partial charge >= 0.3 is 18.1 Å². The topological polar surface area (TPSA) is 97.0 Å². The van der Waals surface area contributed by atoms with Gasteiger partial charge in [-0.05, 0) is 30.4 Å². The van der Waals surface area contributed by atoms with Crippen LogP contribution in [0.3, 0.4) is 0 Å². The molecular weight excluding hydrogens is 420 g/mol. The van der Waals surface area contributed by atoms with Gasteiger partial charge in [0, 0.05) is 60.4 Å². The number of hydrogen-bond acceptors (Lipinski definition) is 3. The first-order valence-electron chi connectivity index (χ1n) is 11.8. The lowest BCUT2D eigenvalue weighted by molar-refractivity contribution is 0.194. The summed E-state index contributed by atoms with van der Waals surface area (Å²) in [5, 5.41) is 8.86. The van der Waals surface area contributed by atoms with Crippen molar-refractivity contribution in [2.75, 3.05) is 41.3 Å². The largest absolute Gasteiger partial charge is 0.335 e. The van der Waals surface area contributed by atoms with Crippen molar-refractivity contribution in [3.05, 3.63) is 35.4 Å². The first-order chi connectivity index (χ1) is 15.8. The summed E-state index contributed by atoms with van der Waals surface area (Å²) in [5.41, 5.74) is 1.94. The Morgan fingerprint density at radius 2 is 1.36 bits per heavy atom. The molecule has 1 saturated carbocycles. The molecule has 184 valence electrons. The highest BCUT2D eigenvalue weighted by molar-refractivity contribution is 5.75. The number of rotatable bonds is 9. The Hall–Kier alpha value is -2.97. The molecule has 0 atom stereocenters. The van der Waals surface area contributed by atoms with Crippen LogP contribution in [0, 0.1) is 0 Å². The first kappa shape index (κ1) is 26.3. The van der Waals surface area contributed by atoms with E-state index in [0.717, 1.165) is 24.0 Å².